The molecular formula is C20H25N3O5. The maximum absolute atomic E-state index is 12.7. The molecule has 8 heteroatoms. The van der Waals surface area contributed by atoms with Gasteiger partial charge in [-0.15, -0.1) is 0 Å². The lowest BCUT2D eigenvalue weighted by atomic mass is 10.0. The lowest BCUT2D eigenvalue weighted by Crippen LogP contribution is -2.52. The first kappa shape index (κ1) is 18.9. The van der Waals surface area contributed by atoms with Gasteiger partial charge < -0.3 is 14.7 Å². The van der Waals surface area contributed by atoms with Gasteiger partial charge in [-0.2, -0.15) is 0 Å². The van der Waals surface area contributed by atoms with Crippen LogP contribution in [0.3, 0.4) is 0 Å². The predicted molar refractivity (Wildman–Crippen MR) is 99.6 cm³/mol. The van der Waals surface area contributed by atoms with Crippen LogP contribution in [-0.4, -0.2) is 70.5 Å². The van der Waals surface area contributed by atoms with E-state index >= 15 is 0 Å². The van der Waals surface area contributed by atoms with Gasteiger partial charge in [0.2, 0.25) is 11.8 Å². The number of ether oxygens (including phenoxy) is 1. The van der Waals surface area contributed by atoms with E-state index in [4.69, 9.17) is 4.74 Å². The van der Waals surface area contributed by atoms with Crippen LogP contribution in [0.1, 0.15) is 42.1 Å². The molecule has 4 rings (SSSR count). The Morgan fingerprint density at radius 2 is 2.07 bits per heavy atom. The summed E-state index contributed by atoms with van der Waals surface area (Å²) in [7, 11) is 0. The van der Waals surface area contributed by atoms with Gasteiger partial charge in [0, 0.05) is 38.0 Å². The van der Waals surface area contributed by atoms with Crippen molar-refractivity contribution in [1.29, 1.82) is 0 Å². The zero-order valence-corrected chi connectivity index (χ0v) is 15.9. The van der Waals surface area contributed by atoms with Crippen molar-refractivity contribution in [2.24, 2.45) is 0 Å². The summed E-state index contributed by atoms with van der Waals surface area (Å²) in [4.78, 5) is 39.9. The fraction of sp³-hybridized carbons (Fsp3) is 0.550. The predicted octanol–water partition coefficient (Wildman–Crippen LogP) is 0.282. The van der Waals surface area contributed by atoms with Crippen molar-refractivity contribution in [1.82, 2.24) is 15.1 Å². The van der Waals surface area contributed by atoms with Gasteiger partial charge in [0.25, 0.3) is 5.91 Å². The van der Waals surface area contributed by atoms with Crippen LogP contribution in [0.25, 0.3) is 0 Å². The van der Waals surface area contributed by atoms with E-state index in [1.54, 1.807) is 12.1 Å². The maximum Gasteiger partial charge on any atom is 0.255 e. The van der Waals surface area contributed by atoms with Crippen molar-refractivity contribution in [2.75, 3.05) is 19.6 Å². The lowest BCUT2D eigenvalue weighted by molar-refractivity contribution is -0.136. The number of rotatable bonds is 4. The number of piperidine rings is 2. The molecule has 1 aromatic rings. The van der Waals surface area contributed by atoms with Crippen molar-refractivity contribution < 1.29 is 24.2 Å². The fourth-order valence-electron chi connectivity index (χ4n) is 4.27. The molecule has 0 bridgehead atoms. The first-order chi connectivity index (χ1) is 13.4. The number of hydrogen-bond acceptors (Lipinski definition) is 6. The van der Waals surface area contributed by atoms with Gasteiger partial charge >= 0.3 is 0 Å². The third kappa shape index (κ3) is 3.62. The highest BCUT2D eigenvalue weighted by molar-refractivity contribution is 6.05. The summed E-state index contributed by atoms with van der Waals surface area (Å²) in [5.41, 5.74) is 1.38. The number of benzene rings is 1. The molecule has 1 unspecified atom stereocenters. The molecule has 1 aromatic carbocycles. The summed E-state index contributed by atoms with van der Waals surface area (Å²) in [6.45, 7) is 4.66. The van der Waals surface area contributed by atoms with Crippen LogP contribution in [-0.2, 0) is 16.1 Å². The van der Waals surface area contributed by atoms with Gasteiger partial charge in [-0.05, 0) is 36.7 Å². The second kappa shape index (κ2) is 7.52. The standard InChI is InChI=1S/C20H25N3O5/c1-2-22-10-13(24)8-15(11-22)28-14-3-4-16-12(7-14)9-23(20(16)27)17-5-6-18(25)21-19(17)26/h3-4,7,13,15,17,24H,2,5-6,8-11H2,1H3,(H,21,25,26)/t13-,15-,17?/m0/s1. The highest BCUT2D eigenvalue weighted by atomic mass is 16.5. The molecular weight excluding hydrogens is 362 g/mol. The molecule has 2 N–H and O–H groups in total. The van der Waals surface area contributed by atoms with Crippen LogP contribution < -0.4 is 10.1 Å². The Morgan fingerprint density at radius 3 is 2.82 bits per heavy atom. The molecule has 3 aliphatic heterocycles. The highest BCUT2D eigenvalue weighted by Crippen LogP contribution is 2.31. The topological polar surface area (TPSA) is 99.2 Å². The minimum Gasteiger partial charge on any atom is -0.489 e. The van der Waals surface area contributed by atoms with E-state index in [9.17, 15) is 19.5 Å². The van der Waals surface area contributed by atoms with Crippen LogP contribution >= 0.6 is 0 Å². The number of hydrogen-bond donors (Lipinski definition) is 2. The van der Waals surface area contributed by atoms with E-state index in [0.717, 1.165) is 18.7 Å². The number of carbonyl (C=O) groups excluding carboxylic acids is 3. The van der Waals surface area contributed by atoms with Gasteiger partial charge in [0.05, 0.1) is 6.10 Å². The van der Waals surface area contributed by atoms with E-state index in [0.29, 0.717) is 37.2 Å². The van der Waals surface area contributed by atoms with E-state index < -0.39 is 18.1 Å². The number of carbonyl (C=O) groups is 3. The maximum atomic E-state index is 12.7. The van der Waals surface area contributed by atoms with Crippen LogP contribution in [0.5, 0.6) is 5.75 Å². The van der Waals surface area contributed by atoms with Crippen molar-refractivity contribution >= 4 is 17.7 Å². The van der Waals surface area contributed by atoms with Gasteiger partial charge in [-0.3, -0.25) is 24.6 Å². The Balaban J connectivity index is 1.46. The quantitative estimate of drug-likeness (QED) is 0.720. The van der Waals surface area contributed by atoms with Crippen LogP contribution in [0.2, 0.25) is 0 Å². The lowest BCUT2D eigenvalue weighted by Gasteiger charge is -2.35. The van der Waals surface area contributed by atoms with Crippen molar-refractivity contribution in [2.45, 2.75) is 51.0 Å². The second-order valence-electron chi connectivity index (χ2n) is 7.70. The molecule has 3 amide bonds. The monoisotopic (exact) mass is 387 g/mol. The van der Waals surface area contributed by atoms with Gasteiger partial charge in [0.15, 0.2) is 0 Å². The number of aliphatic hydroxyl groups is 1. The number of amides is 3. The Morgan fingerprint density at radius 1 is 1.25 bits per heavy atom. The second-order valence-corrected chi connectivity index (χ2v) is 7.70. The minimum atomic E-state index is -0.617. The molecule has 0 aliphatic carbocycles. The molecule has 0 radical (unpaired) electrons. The molecule has 8 nitrogen and oxygen atoms in total. The summed E-state index contributed by atoms with van der Waals surface area (Å²) < 4.78 is 6.08. The first-order valence-electron chi connectivity index (χ1n) is 9.79. The summed E-state index contributed by atoms with van der Waals surface area (Å²) in [6.07, 6.45) is 0.654. The van der Waals surface area contributed by atoms with Gasteiger partial charge in [0.1, 0.15) is 17.9 Å². The molecule has 2 saturated heterocycles. The van der Waals surface area contributed by atoms with Crippen LogP contribution in [0.15, 0.2) is 18.2 Å². The van der Waals surface area contributed by atoms with E-state index in [2.05, 4.69) is 17.1 Å². The zero-order chi connectivity index (χ0) is 19.8. The van der Waals surface area contributed by atoms with Gasteiger partial charge in [-0.1, -0.05) is 6.92 Å². The highest BCUT2D eigenvalue weighted by Gasteiger charge is 2.39. The third-order valence-electron chi connectivity index (χ3n) is 5.71. The van der Waals surface area contributed by atoms with Crippen molar-refractivity contribution in [3.63, 3.8) is 0 Å². The number of aliphatic hydroxyl groups excluding tert-OH is 1. The average Bonchev–Trinajstić information content (AvgIpc) is 2.97. The fourth-order valence-corrected chi connectivity index (χ4v) is 4.27. The largest absolute Gasteiger partial charge is 0.489 e. The molecule has 0 saturated carbocycles. The zero-order valence-electron chi connectivity index (χ0n) is 15.9. The Hall–Kier alpha value is -2.45. The third-order valence-corrected chi connectivity index (χ3v) is 5.71. The molecule has 28 heavy (non-hydrogen) atoms. The average molecular weight is 387 g/mol. The Bertz CT molecular complexity index is 811. The summed E-state index contributed by atoms with van der Waals surface area (Å²) in [6, 6.07) is 4.72. The van der Waals surface area contributed by atoms with E-state index in [1.165, 1.54) is 4.90 Å². The number of likely N-dealkylation sites (tertiary alicyclic amines) is 1. The van der Waals surface area contributed by atoms with E-state index in [-0.39, 0.29) is 24.3 Å². The number of β-amino-alcohol motifs (C(OH)–C–C–N with tert-alkyl or cyclic N) is 1. The van der Waals surface area contributed by atoms with Crippen molar-refractivity contribution in [3.8, 4) is 5.75 Å². The molecule has 0 spiro atoms. The number of fused-ring (bicyclic) bond motifs is 1. The first-order valence-corrected chi connectivity index (χ1v) is 9.79. The summed E-state index contributed by atoms with van der Waals surface area (Å²) in [5, 5.41) is 12.3. The van der Waals surface area contributed by atoms with Crippen molar-refractivity contribution in [3.05, 3.63) is 29.3 Å². The smallest absolute Gasteiger partial charge is 0.255 e. The Labute approximate surface area is 163 Å². The number of nitrogens with one attached hydrogen (secondary N) is 1. The molecule has 3 atom stereocenters. The van der Waals surface area contributed by atoms with Gasteiger partial charge in [-0.25, -0.2) is 0 Å². The number of nitrogens with zero attached hydrogens (tertiary/aromatic N) is 2. The Kier molecular flexibility index (Phi) is 5.07. The van der Waals surface area contributed by atoms with E-state index in [1.807, 2.05) is 6.07 Å². The molecule has 3 aliphatic rings. The summed E-state index contributed by atoms with van der Waals surface area (Å²) in [5.74, 6) is -0.241. The SMILES string of the molecule is CCN1C[C@@H](O)C[C@H](Oc2ccc3c(c2)CN(C2CCC(=O)NC2=O)C3=O)C1. The summed E-state index contributed by atoms with van der Waals surface area (Å²) >= 11 is 0. The molecule has 0 aromatic heterocycles. The van der Waals surface area contributed by atoms with Crippen LogP contribution in [0, 0.1) is 0 Å². The molecule has 3 heterocycles. The van der Waals surface area contributed by atoms with Crippen LogP contribution in [0.4, 0.5) is 0 Å². The normalized spacial score (nSPS) is 28.3. The number of imide groups is 1. The molecule has 2 fully saturated rings. The number of likely N-dealkylation sites (N-methyl/N-ethyl adjacent to an activating group) is 1. The molecule has 150 valence electrons. The minimum absolute atomic E-state index is 0.106.